The number of nitrogens with one attached hydrogen (secondary N) is 1. The minimum absolute atomic E-state index is 0.166. The number of rotatable bonds is 3. The number of amides is 1. The van der Waals surface area contributed by atoms with E-state index in [0.717, 1.165) is 27.5 Å². The van der Waals surface area contributed by atoms with Gasteiger partial charge in [-0.05, 0) is 50.6 Å². The predicted octanol–water partition coefficient (Wildman–Crippen LogP) is 3.98. The standard InChI is InChI=1S/C16H15N3O2S/c1-9-6-7-17-14(8-9)18-16(20)13-5-4-12(22-13)15-10(2)19-21-11(15)3/h4-8H,1-3H3,(H,17,18,20). The monoisotopic (exact) mass is 313 g/mol. The van der Waals surface area contributed by atoms with Crippen molar-refractivity contribution in [3.63, 3.8) is 0 Å². The third-order valence-corrected chi connectivity index (χ3v) is 4.37. The summed E-state index contributed by atoms with van der Waals surface area (Å²) in [6, 6.07) is 7.43. The Morgan fingerprint density at radius 3 is 2.73 bits per heavy atom. The number of aryl methyl sites for hydroxylation is 3. The Hall–Kier alpha value is -2.47. The summed E-state index contributed by atoms with van der Waals surface area (Å²) >= 11 is 1.41. The van der Waals surface area contributed by atoms with Crippen LogP contribution < -0.4 is 5.32 Å². The molecule has 3 heterocycles. The van der Waals surface area contributed by atoms with Gasteiger partial charge in [0.15, 0.2) is 0 Å². The Kier molecular flexibility index (Phi) is 3.77. The highest BCUT2D eigenvalue weighted by Gasteiger charge is 2.16. The lowest BCUT2D eigenvalue weighted by atomic mass is 10.2. The number of aromatic nitrogens is 2. The van der Waals surface area contributed by atoms with E-state index in [9.17, 15) is 4.79 Å². The van der Waals surface area contributed by atoms with Crippen LogP contribution in [0.5, 0.6) is 0 Å². The van der Waals surface area contributed by atoms with Crippen LogP contribution in [-0.4, -0.2) is 16.0 Å². The van der Waals surface area contributed by atoms with Crippen molar-refractivity contribution in [2.75, 3.05) is 5.32 Å². The van der Waals surface area contributed by atoms with Crippen LogP contribution in [0.15, 0.2) is 35.0 Å². The molecule has 0 aliphatic heterocycles. The molecule has 0 saturated heterocycles. The molecule has 3 rings (SSSR count). The van der Waals surface area contributed by atoms with Crippen LogP contribution in [0, 0.1) is 20.8 Å². The molecule has 22 heavy (non-hydrogen) atoms. The molecule has 0 saturated carbocycles. The maximum Gasteiger partial charge on any atom is 0.266 e. The Bertz CT molecular complexity index is 816. The zero-order chi connectivity index (χ0) is 15.7. The maximum atomic E-state index is 12.3. The summed E-state index contributed by atoms with van der Waals surface area (Å²) in [5, 5.41) is 6.75. The largest absolute Gasteiger partial charge is 0.361 e. The van der Waals surface area contributed by atoms with Gasteiger partial charge in [0.25, 0.3) is 5.91 Å². The lowest BCUT2D eigenvalue weighted by Gasteiger charge is -2.03. The molecule has 3 aromatic heterocycles. The molecule has 0 bridgehead atoms. The molecule has 0 aliphatic carbocycles. The summed E-state index contributed by atoms with van der Waals surface area (Å²) in [5.74, 6) is 1.14. The van der Waals surface area contributed by atoms with Gasteiger partial charge in [-0.1, -0.05) is 5.16 Å². The lowest BCUT2D eigenvalue weighted by molar-refractivity contribution is 0.103. The third-order valence-electron chi connectivity index (χ3n) is 3.27. The van der Waals surface area contributed by atoms with Crippen molar-refractivity contribution in [2.24, 2.45) is 0 Å². The second-order valence-electron chi connectivity index (χ2n) is 5.04. The van der Waals surface area contributed by atoms with Crippen LogP contribution in [-0.2, 0) is 0 Å². The van der Waals surface area contributed by atoms with Gasteiger partial charge < -0.3 is 9.84 Å². The summed E-state index contributed by atoms with van der Waals surface area (Å²) < 4.78 is 5.17. The number of carbonyl (C=O) groups excluding carboxylic acids is 1. The van der Waals surface area contributed by atoms with E-state index in [2.05, 4.69) is 15.5 Å². The number of pyridine rings is 1. The van der Waals surface area contributed by atoms with Crippen LogP contribution in [0.2, 0.25) is 0 Å². The fraction of sp³-hybridized carbons (Fsp3) is 0.188. The molecule has 1 N–H and O–H groups in total. The molecular formula is C16H15N3O2S. The van der Waals surface area contributed by atoms with E-state index in [0.29, 0.717) is 10.7 Å². The number of hydrogen-bond donors (Lipinski definition) is 1. The second kappa shape index (κ2) is 5.73. The van der Waals surface area contributed by atoms with Crippen molar-refractivity contribution in [1.29, 1.82) is 0 Å². The molecule has 0 radical (unpaired) electrons. The van der Waals surface area contributed by atoms with E-state index in [-0.39, 0.29) is 5.91 Å². The van der Waals surface area contributed by atoms with Gasteiger partial charge in [-0.3, -0.25) is 4.79 Å². The summed E-state index contributed by atoms with van der Waals surface area (Å²) in [6.45, 7) is 5.71. The molecule has 6 heteroatoms. The number of anilines is 1. The molecule has 0 fully saturated rings. The van der Waals surface area contributed by atoms with E-state index >= 15 is 0 Å². The topological polar surface area (TPSA) is 68.0 Å². The molecule has 3 aromatic rings. The SMILES string of the molecule is Cc1ccnc(NC(=O)c2ccc(-c3c(C)noc3C)s2)c1. The van der Waals surface area contributed by atoms with E-state index in [4.69, 9.17) is 4.52 Å². The van der Waals surface area contributed by atoms with E-state index in [1.165, 1.54) is 11.3 Å². The van der Waals surface area contributed by atoms with Gasteiger partial charge in [0.05, 0.1) is 16.1 Å². The first kappa shape index (κ1) is 14.5. The van der Waals surface area contributed by atoms with Crippen molar-refractivity contribution in [3.8, 4) is 10.4 Å². The first-order valence-electron chi connectivity index (χ1n) is 6.81. The molecule has 1 amide bonds. The highest BCUT2D eigenvalue weighted by atomic mass is 32.1. The van der Waals surface area contributed by atoms with Crippen molar-refractivity contribution in [3.05, 3.63) is 52.4 Å². The second-order valence-corrected chi connectivity index (χ2v) is 6.12. The van der Waals surface area contributed by atoms with Crippen LogP contribution in [0.1, 0.15) is 26.7 Å². The molecule has 0 unspecified atom stereocenters. The average molecular weight is 313 g/mol. The number of nitrogens with zero attached hydrogens (tertiary/aromatic N) is 2. The Morgan fingerprint density at radius 1 is 1.23 bits per heavy atom. The van der Waals surface area contributed by atoms with Gasteiger partial charge in [-0.25, -0.2) is 4.98 Å². The van der Waals surface area contributed by atoms with E-state index in [1.807, 2.05) is 39.0 Å². The van der Waals surface area contributed by atoms with Crippen molar-refractivity contribution in [1.82, 2.24) is 10.1 Å². The molecule has 0 aliphatic rings. The highest BCUT2D eigenvalue weighted by molar-refractivity contribution is 7.17. The fourth-order valence-electron chi connectivity index (χ4n) is 2.21. The molecule has 0 aromatic carbocycles. The molecule has 0 atom stereocenters. The minimum atomic E-state index is -0.166. The van der Waals surface area contributed by atoms with Crippen LogP contribution in [0.3, 0.4) is 0 Å². The van der Waals surface area contributed by atoms with Gasteiger partial charge in [-0.15, -0.1) is 11.3 Å². The summed E-state index contributed by atoms with van der Waals surface area (Å²) in [7, 11) is 0. The minimum Gasteiger partial charge on any atom is -0.361 e. The average Bonchev–Trinajstić information content (AvgIpc) is 3.06. The van der Waals surface area contributed by atoms with E-state index in [1.54, 1.807) is 12.3 Å². The van der Waals surface area contributed by atoms with Crippen LogP contribution in [0.4, 0.5) is 5.82 Å². The summed E-state index contributed by atoms with van der Waals surface area (Å²) in [5.41, 5.74) is 2.83. The number of hydrogen-bond acceptors (Lipinski definition) is 5. The fourth-order valence-corrected chi connectivity index (χ4v) is 3.26. The Labute approximate surface area is 132 Å². The number of thiophene rings is 1. The zero-order valence-corrected chi connectivity index (χ0v) is 13.3. The summed E-state index contributed by atoms with van der Waals surface area (Å²) in [4.78, 5) is 18.0. The predicted molar refractivity (Wildman–Crippen MR) is 86.2 cm³/mol. The quantitative estimate of drug-likeness (QED) is 0.794. The van der Waals surface area contributed by atoms with E-state index < -0.39 is 0 Å². The Balaban J connectivity index is 1.83. The lowest BCUT2D eigenvalue weighted by Crippen LogP contribution is -2.11. The first-order chi connectivity index (χ1) is 10.5. The van der Waals surface area contributed by atoms with Crippen molar-refractivity contribution < 1.29 is 9.32 Å². The smallest absolute Gasteiger partial charge is 0.266 e. The number of carbonyl (C=O) groups is 1. The van der Waals surface area contributed by atoms with Crippen LogP contribution >= 0.6 is 11.3 Å². The third kappa shape index (κ3) is 2.78. The van der Waals surface area contributed by atoms with Crippen molar-refractivity contribution >= 4 is 23.1 Å². The van der Waals surface area contributed by atoms with Crippen LogP contribution in [0.25, 0.3) is 10.4 Å². The van der Waals surface area contributed by atoms with Gasteiger partial charge in [0, 0.05) is 11.1 Å². The zero-order valence-electron chi connectivity index (χ0n) is 12.5. The van der Waals surface area contributed by atoms with Gasteiger partial charge in [-0.2, -0.15) is 0 Å². The van der Waals surface area contributed by atoms with Gasteiger partial charge >= 0.3 is 0 Å². The molecular weight excluding hydrogens is 298 g/mol. The summed E-state index contributed by atoms with van der Waals surface area (Å²) in [6.07, 6.45) is 1.68. The maximum absolute atomic E-state index is 12.3. The normalized spacial score (nSPS) is 10.7. The first-order valence-corrected chi connectivity index (χ1v) is 7.63. The van der Waals surface area contributed by atoms with Gasteiger partial charge in [0.1, 0.15) is 11.6 Å². The van der Waals surface area contributed by atoms with Gasteiger partial charge in [0.2, 0.25) is 0 Å². The Morgan fingerprint density at radius 2 is 2.05 bits per heavy atom. The molecule has 112 valence electrons. The molecule has 0 spiro atoms. The van der Waals surface area contributed by atoms with Crippen molar-refractivity contribution in [2.45, 2.75) is 20.8 Å². The highest BCUT2D eigenvalue weighted by Crippen LogP contribution is 2.33. The molecule has 5 nitrogen and oxygen atoms in total.